The molecule has 0 aromatic carbocycles. The van der Waals surface area contributed by atoms with Crippen molar-refractivity contribution in [1.29, 1.82) is 0 Å². The van der Waals surface area contributed by atoms with Crippen molar-refractivity contribution >= 4 is 15.9 Å². The fourth-order valence-electron chi connectivity index (χ4n) is 2.83. The van der Waals surface area contributed by atoms with Crippen molar-refractivity contribution in [3.8, 4) is 0 Å². The van der Waals surface area contributed by atoms with Crippen molar-refractivity contribution in [1.82, 2.24) is 4.90 Å². The average Bonchev–Trinajstić information content (AvgIpc) is 2.82. The van der Waals surface area contributed by atoms with Crippen molar-refractivity contribution in [3.63, 3.8) is 0 Å². The number of aliphatic hydroxyl groups is 1. The highest BCUT2D eigenvalue weighted by Crippen LogP contribution is 2.47. The molecule has 0 amide bonds. The summed E-state index contributed by atoms with van der Waals surface area (Å²) in [6, 6.07) is 0. The van der Waals surface area contributed by atoms with E-state index in [9.17, 15) is 5.11 Å². The van der Waals surface area contributed by atoms with Gasteiger partial charge in [-0.25, -0.2) is 0 Å². The first-order chi connectivity index (χ1) is 7.08. The van der Waals surface area contributed by atoms with Crippen molar-refractivity contribution in [2.45, 2.75) is 44.1 Å². The average molecular weight is 276 g/mol. The molecule has 2 aliphatic carbocycles. The van der Waals surface area contributed by atoms with Crippen LogP contribution in [-0.2, 0) is 0 Å². The van der Waals surface area contributed by atoms with Gasteiger partial charge in [-0.15, -0.1) is 0 Å². The van der Waals surface area contributed by atoms with E-state index in [2.05, 4.69) is 27.9 Å². The molecular weight excluding hydrogens is 254 g/mol. The molecule has 0 aromatic rings. The highest BCUT2D eigenvalue weighted by molar-refractivity contribution is 9.09. The van der Waals surface area contributed by atoms with Crippen LogP contribution in [0, 0.1) is 5.41 Å². The van der Waals surface area contributed by atoms with Gasteiger partial charge in [-0.2, -0.15) is 0 Å². The third kappa shape index (κ3) is 2.95. The summed E-state index contributed by atoms with van der Waals surface area (Å²) in [5, 5.41) is 11.4. The minimum atomic E-state index is -0.378. The summed E-state index contributed by atoms with van der Waals surface area (Å²) in [4.78, 5) is 2.33. The van der Waals surface area contributed by atoms with Crippen LogP contribution in [0.2, 0.25) is 0 Å². The quantitative estimate of drug-likeness (QED) is 0.779. The van der Waals surface area contributed by atoms with E-state index >= 15 is 0 Å². The first-order valence-electron chi connectivity index (χ1n) is 6.05. The van der Waals surface area contributed by atoms with Gasteiger partial charge in [0.2, 0.25) is 0 Å². The van der Waals surface area contributed by atoms with Crippen LogP contribution < -0.4 is 0 Å². The SMILES string of the molecule is CN(CC1(O)CCCC1)CC1(CBr)CC1. The molecule has 0 atom stereocenters. The van der Waals surface area contributed by atoms with Crippen molar-refractivity contribution < 1.29 is 5.11 Å². The van der Waals surface area contributed by atoms with E-state index in [4.69, 9.17) is 0 Å². The summed E-state index contributed by atoms with van der Waals surface area (Å²) in [6.07, 6.45) is 7.10. The van der Waals surface area contributed by atoms with Crippen molar-refractivity contribution in [2.24, 2.45) is 5.41 Å². The zero-order chi connectivity index (χ0) is 10.9. The molecule has 2 nitrogen and oxygen atoms in total. The lowest BCUT2D eigenvalue weighted by Crippen LogP contribution is -2.41. The van der Waals surface area contributed by atoms with Gasteiger partial charge >= 0.3 is 0 Å². The molecule has 0 unspecified atom stereocenters. The highest BCUT2D eigenvalue weighted by atomic mass is 79.9. The monoisotopic (exact) mass is 275 g/mol. The summed E-state index contributed by atoms with van der Waals surface area (Å²) in [5.41, 5.74) is 0.154. The molecule has 15 heavy (non-hydrogen) atoms. The van der Waals surface area contributed by atoms with Crippen molar-refractivity contribution in [2.75, 3.05) is 25.5 Å². The van der Waals surface area contributed by atoms with Crippen LogP contribution in [-0.4, -0.2) is 41.1 Å². The van der Waals surface area contributed by atoms with Crippen LogP contribution in [0.15, 0.2) is 0 Å². The lowest BCUT2D eigenvalue weighted by atomic mass is 10.0. The lowest BCUT2D eigenvalue weighted by molar-refractivity contribution is 0.0127. The Morgan fingerprint density at radius 3 is 2.20 bits per heavy atom. The fraction of sp³-hybridized carbons (Fsp3) is 1.00. The molecule has 2 fully saturated rings. The van der Waals surface area contributed by atoms with E-state index in [1.54, 1.807) is 0 Å². The number of hydrogen-bond acceptors (Lipinski definition) is 2. The fourth-order valence-corrected chi connectivity index (χ4v) is 3.57. The molecule has 2 aliphatic rings. The van der Waals surface area contributed by atoms with Gasteiger partial charge in [-0.1, -0.05) is 28.8 Å². The zero-order valence-corrected chi connectivity index (χ0v) is 11.2. The van der Waals surface area contributed by atoms with Crippen LogP contribution in [0.25, 0.3) is 0 Å². The van der Waals surface area contributed by atoms with E-state index in [-0.39, 0.29) is 5.60 Å². The van der Waals surface area contributed by atoms with Crippen LogP contribution >= 0.6 is 15.9 Å². The summed E-state index contributed by atoms with van der Waals surface area (Å²) in [5.74, 6) is 0. The summed E-state index contributed by atoms with van der Waals surface area (Å²) in [7, 11) is 2.15. The smallest absolute Gasteiger partial charge is 0.0774 e. The minimum Gasteiger partial charge on any atom is -0.389 e. The second-order valence-corrected chi connectivity index (χ2v) is 6.30. The number of rotatable bonds is 5. The third-order valence-corrected chi connectivity index (χ3v) is 5.13. The molecule has 88 valence electrons. The van der Waals surface area contributed by atoms with Gasteiger partial charge in [-0.3, -0.25) is 0 Å². The summed E-state index contributed by atoms with van der Waals surface area (Å²) in [6.45, 7) is 2.00. The molecule has 0 spiro atoms. The van der Waals surface area contributed by atoms with Gasteiger partial charge in [0, 0.05) is 18.4 Å². The standard InChI is InChI=1S/C12H22BrNO/c1-14(9-11(8-13)6-7-11)10-12(15)4-2-3-5-12/h15H,2-10H2,1H3. The topological polar surface area (TPSA) is 23.5 Å². The molecule has 2 rings (SSSR count). The van der Waals surface area contributed by atoms with Crippen LogP contribution in [0.4, 0.5) is 0 Å². The molecule has 0 aliphatic heterocycles. The second kappa shape index (κ2) is 4.34. The zero-order valence-electron chi connectivity index (χ0n) is 9.64. The van der Waals surface area contributed by atoms with Gasteiger partial charge in [0.15, 0.2) is 0 Å². The van der Waals surface area contributed by atoms with E-state index in [1.807, 2.05) is 0 Å². The maximum absolute atomic E-state index is 10.3. The maximum atomic E-state index is 10.3. The number of hydrogen-bond donors (Lipinski definition) is 1. The molecular formula is C12H22BrNO. The highest BCUT2D eigenvalue weighted by Gasteiger charge is 2.43. The van der Waals surface area contributed by atoms with E-state index in [0.717, 1.165) is 31.3 Å². The normalized spacial score (nSPS) is 27.2. The Hall–Kier alpha value is 0.400. The van der Waals surface area contributed by atoms with Gasteiger partial charge < -0.3 is 10.0 Å². The maximum Gasteiger partial charge on any atom is 0.0774 e. The second-order valence-electron chi connectivity index (χ2n) is 5.74. The first kappa shape index (κ1) is 11.9. The Kier molecular flexibility index (Phi) is 3.44. The number of likely N-dealkylation sites (N-methyl/N-ethyl adjacent to an activating group) is 1. The molecule has 0 saturated heterocycles. The Morgan fingerprint density at radius 1 is 1.13 bits per heavy atom. The Labute approximate surface area is 101 Å². The molecule has 3 heteroatoms. The molecule has 2 saturated carbocycles. The molecule has 0 radical (unpaired) electrons. The Morgan fingerprint density at radius 2 is 1.73 bits per heavy atom. The molecule has 1 N–H and O–H groups in total. The van der Waals surface area contributed by atoms with E-state index in [1.165, 1.54) is 25.7 Å². The number of nitrogens with zero attached hydrogens (tertiary/aromatic N) is 1. The molecule has 0 heterocycles. The number of halogens is 1. The predicted molar refractivity (Wildman–Crippen MR) is 66.4 cm³/mol. The Balaban J connectivity index is 1.79. The van der Waals surface area contributed by atoms with Crippen molar-refractivity contribution in [3.05, 3.63) is 0 Å². The third-order valence-electron chi connectivity index (χ3n) is 3.94. The minimum absolute atomic E-state index is 0.378. The number of alkyl halides is 1. The van der Waals surface area contributed by atoms with E-state index in [0.29, 0.717) is 5.41 Å². The van der Waals surface area contributed by atoms with Crippen LogP contribution in [0.3, 0.4) is 0 Å². The summed E-state index contributed by atoms with van der Waals surface area (Å²) >= 11 is 3.60. The van der Waals surface area contributed by atoms with Gasteiger partial charge in [0.1, 0.15) is 0 Å². The van der Waals surface area contributed by atoms with Crippen LogP contribution in [0.5, 0.6) is 0 Å². The molecule has 0 aromatic heterocycles. The summed E-state index contributed by atoms with van der Waals surface area (Å²) < 4.78 is 0. The Bertz CT molecular complexity index is 222. The predicted octanol–water partition coefficient (Wildman–Crippen LogP) is 2.40. The van der Waals surface area contributed by atoms with Crippen LogP contribution in [0.1, 0.15) is 38.5 Å². The molecule has 0 bridgehead atoms. The van der Waals surface area contributed by atoms with Gasteiger partial charge in [0.05, 0.1) is 5.60 Å². The van der Waals surface area contributed by atoms with E-state index < -0.39 is 0 Å². The lowest BCUT2D eigenvalue weighted by Gasteiger charge is -2.30. The first-order valence-corrected chi connectivity index (χ1v) is 7.17. The van der Waals surface area contributed by atoms with Gasteiger partial charge in [-0.05, 0) is 38.1 Å². The largest absolute Gasteiger partial charge is 0.389 e. The van der Waals surface area contributed by atoms with Gasteiger partial charge in [0.25, 0.3) is 0 Å².